The largest absolute Gasteiger partial charge is 0.306 e. The Hall–Kier alpha value is -1.73. The zero-order valence-electron chi connectivity index (χ0n) is 17.9. The van der Waals surface area contributed by atoms with Gasteiger partial charge in [-0.1, -0.05) is 49.4 Å². The van der Waals surface area contributed by atoms with Gasteiger partial charge in [-0.25, -0.2) is 12.7 Å². The second-order valence-corrected chi connectivity index (χ2v) is 10.5. The number of hydrogen-bond acceptors (Lipinski definition) is 4. The molecule has 1 N–H and O–H groups in total. The van der Waals surface area contributed by atoms with Gasteiger partial charge in [0, 0.05) is 39.3 Å². The topological polar surface area (TPSA) is 52.7 Å². The summed E-state index contributed by atoms with van der Waals surface area (Å²) < 4.78 is 25.8. The molecule has 1 aliphatic heterocycles. The zero-order chi connectivity index (χ0) is 21.0. The van der Waals surface area contributed by atoms with Gasteiger partial charge < -0.3 is 5.32 Å². The number of sulfonamides is 1. The SMILES string of the molecule is C[C@H](N[C@@H]1CN(Cc2ccccc2)CC[C@@H]1C)c1ccc(S(=O)(=O)N(C)C)cc1. The van der Waals surface area contributed by atoms with Gasteiger partial charge in [-0.2, -0.15) is 0 Å². The molecule has 3 rings (SSSR count). The van der Waals surface area contributed by atoms with E-state index in [4.69, 9.17) is 0 Å². The molecule has 1 heterocycles. The molecule has 6 heteroatoms. The van der Waals surface area contributed by atoms with E-state index in [0.29, 0.717) is 16.9 Å². The number of piperidine rings is 1. The molecule has 0 bridgehead atoms. The Bertz CT molecular complexity index is 882. The molecule has 2 aromatic rings. The number of benzene rings is 2. The van der Waals surface area contributed by atoms with Crippen LogP contribution in [0.3, 0.4) is 0 Å². The minimum Gasteiger partial charge on any atom is -0.306 e. The van der Waals surface area contributed by atoms with Crippen molar-refractivity contribution in [3.05, 3.63) is 65.7 Å². The van der Waals surface area contributed by atoms with Crippen LogP contribution >= 0.6 is 0 Å². The predicted molar refractivity (Wildman–Crippen MR) is 118 cm³/mol. The summed E-state index contributed by atoms with van der Waals surface area (Å²) in [6.45, 7) is 7.60. The smallest absolute Gasteiger partial charge is 0.242 e. The molecule has 2 aromatic carbocycles. The zero-order valence-corrected chi connectivity index (χ0v) is 18.7. The van der Waals surface area contributed by atoms with E-state index in [1.165, 1.54) is 16.3 Å². The van der Waals surface area contributed by atoms with Crippen LogP contribution in [0.5, 0.6) is 0 Å². The van der Waals surface area contributed by atoms with Gasteiger partial charge in [0.2, 0.25) is 10.0 Å². The molecule has 3 atom stereocenters. The lowest BCUT2D eigenvalue weighted by molar-refractivity contribution is 0.136. The molecule has 1 saturated heterocycles. The summed E-state index contributed by atoms with van der Waals surface area (Å²) >= 11 is 0. The molecular formula is C23H33N3O2S. The lowest BCUT2D eigenvalue weighted by Gasteiger charge is -2.39. The molecule has 29 heavy (non-hydrogen) atoms. The number of likely N-dealkylation sites (tertiary alicyclic amines) is 1. The fraction of sp³-hybridized carbons (Fsp3) is 0.478. The van der Waals surface area contributed by atoms with Crippen LogP contribution in [-0.2, 0) is 16.6 Å². The Kier molecular flexibility index (Phi) is 7.11. The van der Waals surface area contributed by atoms with Crippen LogP contribution in [0, 0.1) is 5.92 Å². The van der Waals surface area contributed by atoms with Gasteiger partial charge >= 0.3 is 0 Å². The third-order valence-corrected chi connectivity index (χ3v) is 7.74. The van der Waals surface area contributed by atoms with E-state index < -0.39 is 10.0 Å². The molecule has 158 valence electrons. The van der Waals surface area contributed by atoms with E-state index in [2.05, 4.69) is 54.4 Å². The van der Waals surface area contributed by atoms with E-state index in [1.54, 1.807) is 26.2 Å². The Morgan fingerprint density at radius 3 is 2.38 bits per heavy atom. The number of rotatable bonds is 7. The maximum absolute atomic E-state index is 12.3. The summed E-state index contributed by atoms with van der Waals surface area (Å²) in [7, 11) is -0.277. The standard InChI is InChI=1S/C23H33N3O2S/c1-18-14-15-26(16-20-8-6-5-7-9-20)17-23(18)24-19(2)21-10-12-22(13-11-21)29(27,28)25(3)4/h5-13,18-19,23-24H,14-17H2,1-4H3/t18-,19-,23+/m0/s1. The van der Waals surface area contributed by atoms with Gasteiger partial charge in [-0.15, -0.1) is 0 Å². The lowest BCUT2D eigenvalue weighted by Crippen LogP contribution is -2.50. The maximum atomic E-state index is 12.3. The van der Waals surface area contributed by atoms with Gasteiger partial charge in [0.1, 0.15) is 0 Å². The third-order valence-electron chi connectivity index (χ3n) is 5.91. The van der Waals surface area contributed by atoms with Crippen molar-refractivity contribution in [3.63, 3.8) is 0 Å². The normalized spacial score (nSPS) is 22.0. The molecule has 0 aromatic heterocycles. The molecule has 1 aliphatic rings. The van der Waals surface area contributed by atoms with Crippen molar-refractivity contribution in [2.45, 2.75) is 43.8 Å². The van der Waals surface area contributed by atoms with Crippen molar-refractivity contribution in [1.82, 2.24) is 14.5 Å². The van der Waals surface area contributed by atoms with Crippen LogP contribution in [0.1, 0.15) is 37.4 Å². The van der Waals surface area contributed by atoms with Crippen LogP contribution < -0.4 is 5.32 Å². The first-order chi connectivity index (χ1) is 13.8. The molecule has 5 nitrogen and oxygen atoms in total. The second kappa shape index (κ2) is 9.39. The Labute approximate surface area is 175 Å². The van der Waals surface area contributed by atoms with Gasteiger partial charge in [0.25, 0.3) is 0 Å². The van der Waals surface area contributed by atoms with E-state index in [9.17, 15) is 8.42 Å². The fourth-order valence-electron chi connectivity index (χ4n) is 3.90. The van der Waals surface area contributed by atoms with Crippen LogP contribution in [-0.4, -0.2) is 50.8 Å². The van der Waals surface area contributed by atoms with E-state index in [1.807, 2.05) is 12.1 Å². The molecule has 0 radical (unpaired) electrons. The van der Waals surface area contributed by atoms with Crippen molar-refractivity contribution < 1.29 is 8.42 Å². The highest BCUT2D eigenvalue weighted by Gasteiger charge is 2.27. The van der Waals surface area contributed by atoms with E-state index in [0.717, 1.165) is 25.2 Å². The van der Waals surface area contributed by atoms with Crippen LogP contribution in [0.15, 0.2) is 59.5 Å². The first kappa shape index (κ1) is 22.0. The molecule has 0 saturated carbocycles. The summed E-state index contributed by atoms with van der Waals surface area (Å²) in [5.74, 6) is 0.609. The monoisotopic (exact) mass is 415 g/mol. The first-order valence-corrected chi connectivity index (χ1v) is 11.8. The van der Waals surface area contributed by atoms with Gasteiger partial charge in [-0.3, -0.25) is 4.90 Å². The van der Waals surface area contributed by atoms with Crippen molar-refractivity contribution in [2.24, 2.45) is 5.92 Å². The van der Waals surface area contributed by atoms with Crippen LogP contribution in [0.25, 0.3) is 0 Å². The van der Waals surface area contributed by atoms with Crippen LogP contribution in [0.2, 0.25) is 0 Å². The predicted octanol–water partition coefficient (Wildman–Crippen LogP) is 3.50. The van der Waals surface area contributed by atoms with Crippen molar-refractivity contribution in [2.75, 3.05) is 27.2 Å². The quantitative estimate of drug-likeness (QED) is 0.752. The Morgan fingerprint density at radius 2 is 1.76 bits per heavy atom. The minimum absolute atomic E-state index is 0.162. The van der Waals surface area contributed by atoms with Crippen molar-refractivity contribution in [1.29, 1.82) is 0 Å². The average Bonchev–Trinajstić information content (AvgIpc) is 2.71. The molecular weight excluding hydrogens is 382 g/mol. The molecule has 0 unspecified atom stereocenters. The van der Waals surface area contributed by atoms with Crippen molar-refractivity contribution in [3.8, 4) is 0 Å². The lowest BCUT2D eigenvalue weighted by atomic mass is 9.92. The van der Waals surface area contributed by atoms with Crippen LogP contribution in [0.4, 0.5) is 0 Å². The van der Waals surface area contributed by atoms with E-state index in [-0.39, 0.29) is 6.04 Å². The number of hydrogen-bond donors (Lipinski definition) is 1. The second-order valence-electron chi connectivity index (χ2n) is 8.34. The summed E-state index contributed by atoms with van der Waals surface area (Å²) in [6, 6.07) is 18.4. The van der Waals surface area contributed by atoms with Gasteiger partial charge in [0.15, 0.2) is 0 Å². The summed E-state index contributed by atoms with van der Waals surface area (Å²) in [6.07, 6.45) is 1.18. The highest BCUT2D eigenvalue weighted by atomic mass is 32.2. The third kappa shape index (κ3) is 5.45. The molecule has 0 aliphatic carbocycles. The summed E-state index contributed by atoms with van der Waals surface area (Å²) in [5.41, 5.74) is 2.46. The minimum atomic E-state index is -3.39. The highest BCUT2D eigenvalue weighted by molar-refractivity contribution is 7.89. The Balaban J connectivity index is 1.63. The number of nitrogens with zero attached hydrogens (tertiary/aromatic N) is 2. The molecule has 1 fully saturated rings. The van der Waals surface area contributed by atoms with Crippen molar-refractivity contribution >= 4 is 10.0 Å². The highest BCUT2D eigenvalue weighted by Crippen LogP contribution is 2.23. The molecule has 0 amide bonds. The van der Waals surface area contributed by atoms with E-state index >= 15 is 0 Å². The average molecular weight is 416 g/mol. The fourth-order valence-corrected chi connectivity index (χ4v) is 4.80. The Morgan fingerprint density at radius 1 is 1.10 bits per heavy atom. The molecule has 0 spiro atoms. The van der Waals surface area contributed by atoms with Gasteiger partial charge in [0.05, 0.1) is 4.90 Å². The summed E-state index contributed by atoms with van der Waals surface area (Å²) in [5, 5.41) is 3.78. The van der Waals surface area contributed by atoms with Gasteiger partial charge in [-0.05, 0) is 49.1 Å². The maximum Gasteiger partial charge on any atom is 0.242 e. The summed E-state index contributed by atoms with van der Waals surface area (Å²) in [4.78, 5) is 2.85. The number of nitrogens with one attached hydrogen (secondary N) is 1. The first-order valence-electron chi connectivity index (χ1n) is 10.3.